The number of carbonyl (C=O) groups is 1. The Morgan fingerprint density at radius 1 is 1.25 bits per heavy atom. The number of furan rings is 1. The summed E-state index contributed by atoms with van der Waals surface area (Å²) in [7, 11) is 0. The third-order valence-corrected chi connectivity index (χ3v) is 2.91. The van der Waals surface area contributed by atoms with Gasteiger partial charge >= 0.3 is 5.97 Å². The minimum absolute atomic E-state index is 0.0191. The number of carboxylic acid groups (broad SMARTS) is 1. The van der Waals surface area contributed by atoms with Gasteiger partial charge in [-0.3, -0.25) is 0 Å². The zero-order chi connectivity index (χ0) is 12.0. The van der Waals surface area contributed by atoms with Gasteiger partial charge in [0.1, 0.15) is 0 Å². The highest BCUT2D eigenvalue weighted by molar-refractivity contribution is 5.97. The molecule has 0 bridgehead atoms. The summed E-state index contributed by atoms with van der Waals surface area (Å²) in [6.45, 7) is 5.30. The minimum Gasteiger partial charge on any atom is -0.504 e. The molecule has 0 spiro atoms. The van der Waals surface area contributed by atoms with Crippen LogP contribution in [0.4, 0.5) is 0 Å². The van der Waals surface area contributed by atoms with Crippen molar-refractivity contribution in [2.45, 2.75) is 20.8 Å². The standard InChI is InChI=1S/C12H12O4/c1-5-4-8-7(3)10(12(14)15)16-11(8)9(13)6(5)2/h4,13H,1-3H3,(H,14,15). The Bertz CT molecular complexity index is 593. The molecule has 0 aliphatic rings. The summed E-state index contributed by atoms with van der Waals surface area (Å²) < 4.78 is 5.18. The SMILES string of the molecule is Cc1cc2c(C)c(C(=O)O)oc2c(O)c1C. The lowest BCUT2D eigenvalue weighted by atomic mass is 10.0. The molecular formula is C12H12O4. The molecule has 2 rings (SSSR count). The average Bonchev–Trinajstić information content (AvgIpc) is 2.54. The van der Waals surface area contributed by atoms with Crippen LogP contribution < -0.4 is 0 Å². The van der Waals surface area contributed by atoms with E-state index in [2.05, 4.69) is 0 Å². The van der Waals surface area contributed by atoms with Gasteiger partial charge in [0.2, 0.25) is 5.76 Å². The van der Waals surface area contributed by atoms with Gasteiger partial charge in [0.05, 0.1) is 0 Å². The number of hydrogen-bond acceptors (Lipinski definition) is 3. The van der Waals surface area contributed by atoms with Gasteiger partial charge in [-0.25, -0.2) is 4.79 Å². The molecule has 0 amide bonds. The van der Waals surface area contributed by atoms with Crippen molar-refractivity contribution in [2.75, 3.05) is 0 Å². The number of aromatic hydroxyl groups is 1. The highest BCUT2D eigenvalue weighted by atomic mass is 16.4. The van der Waals surface area contributed by atoms with Crippen LogP contribution in [0.15, 0.2) is 10.5 Å². The highest BCUT2D eigenvalue weighted by Crippen LogP contribution is 2.35. The third-order valence-electron chi connectivity index (χ3n) is 2.91. The molecule has 84 valence electrons. The molecule has 1 aromatic carbocycles. The second-order valence-corrected chi connectivity index (χ2v) is 3.91. The summed E-state index contributed by atoms with van der Waals surface area (Å²) in [6.07, 6.45) is 0. The maximum atomic E-state index is 10.9. The third kappa shape index (κ3) is 1.26. The van der Waals surface area contributed by atoms with Gasteiger partial charge in [0.25, 0.3) is 0 Å². The van der Waals surface area contributed by atoms with Crippen molar-refractivity contribution in [3.05, 3.63) is 28.5 Å². The van der Waals surface area contributed by atoms with Gasteiger partial charge in [-0.15, -0.1) is 0 Å². The number of benzene rings is 1. The van der Waals surface area contributed by atoms with Gasteiger partial charge in [-0.05, 0) is 38.0 Å². The van der Waals surface area contributed by atoms with E-state index in [1.165, 1.54) is 0 Å². The summed E-state index contributed by atoms with van der Waals surface area (Å²) in [4.78, 5) is 10.9. The lowest BCUT2D eigenvalue weighted by Crippen LogP contribution is -1.95. The molecule has 0 saturated carbocycles. The predicted octanol–water partition coefficient (Wildman–Crippen LogP) is 2.76. The maximum absolute atomic E-state index is 10.9. The smallest absolute Gasteiger partial charge is 0.372 e. The normalized spacial score (nSPS) is 10.9. The first-order valence-corrected chi connectivity index (χ1v) is 4.89. The monoisotopic (exact) mass is 220 g/mol. The maximum Gasteiger partial charge on any atom is 0.372 e. The van der Waals surface area contributed by atoms with Crippen LogP contribution in [0.3, 0.4) is 0 Å². The molecule has 0 saturated heterocycles. The molecule has 0 unspecified atom stereocenters. The van der Waals surface area contributed by atoms with E-state index < -0.39 is 5.97 Å². The van der Waals surface area contributed by atoms with E-state index in [-0.39, 0.29) is 17.1 Å². The molecule has 0 fully saturated rings. The van der Waals surface area contributed by atoms with Crippen LogP contribution in [0.25, 0.3) is 11.0 Å². The van der Waals surface area contributed by atoms with Crippen molar-refractivity contribution in [2.24, 2.45) is 0 Å². The molecule has 0 radical (unpaired) electrons. The first-order valence-electron chi connectivity index (χ1n) is 4.89. The zero-order valence-electron chi connectivity index (χ0n) is 9.29. The fourth-order valence-corrected chi connectivity index (χ4v) is 1.76. The molecule has 2 N–H and O–H groups in total. The molecule has 2 aromatic rings. The molecule has 0 atom stereocenters. The summed E-state index contributed by atoms with van der Waals surface area (Å²) in [6, 6.07) is 1.83. The fourth-order valence-electron chi connectivity index (χ4n) is 1.76. The van der Waals surface area contributed by atoms with Crippen LogP contribution in [-0.4, -0.2) is 16.2 Å². The van der Waals surface area contributed by atoms with E-state index >= 15 is 0 Å². The predicted molar refractivity (Wildman–Crippen MR) is 59.0 cm³/mol. The number of aromatic carboxylic acids is 1. The zero-order valence-corrected chi connectivity index (χ0v) is 9.29. The van der Waals surface area contributed by atoms with Crippen LogP contribution in [0, 0.1) is 20.8 Å². The first kappa shape index (κ1) is 10.5. The minimum atomic E-state index is -1.12. The van der Waals surface area contributed by atoms with E-state index in [1.807, 2.05) is 13.0 Å². The number of phenols is 1. The Morgan fingerprint density at radius 3 is 2.44 bits per heavy atom. The quantitative estimate of drug-likeness (QED) is 0.775. The number of hydrogen-bond donors (Lipinski definition) is 2. The van der Waals surface area contributed by atoms with E-state index in [1.54, 1.807) is 13.8 Å². The lowest BCUT2D eigenvalue weighted by Gasteiger charge is -2.03. The summed E-state index contributed by atoms with van der Waals surface area (Å²) >= 11 is 0. The van der Waals surface area contributed by atoms with Gasteiger partial charge in [-0.2, -0.15) is 0 Å². The van der Waals surface area contributed by atoms with E-state index in [0.29, 0.717) is 16.5 Å². The molecular weight excluding hydrogens is 208 g/mol. The van der Waals surface area contributed by atoms with Crippen LogP contribution in [-0.2, 0) is 0 Å². The second kappa shape index (κ2) is 3.27. The van der Waals surface area contributed by atoms with Crippen LogP contribution in [0.2, 0.25) is 0 Å². The topological polar surface area (TPSA) is 70.7 Å². The highest BCUT2D eigenvalue weighted by Gasteiger charge is 2.20. The Balaban J connectivity index is 2.92. The largest absolute Gasteiger partial charge is 0.504 e. The second-order valence-electron chi connectivity index (χ2n) is 3.91. The number of phenolic OH excluding ortho intramolecular Hbond substituents is 1. The van der Waals surface area contributed by atoms with Gasteiger partial charge in [0.15, 0.2) is 11.3 Å². The molecule has 1 aromatic heterocycles. The van der Waals surface area contributed by atoms with Crippen LogP contribution in [0.5, 0.6) is 5.75 Å². The first-order chi connectivity index (χ1) is 7.43. The average molecular weight is 220 g/mol. The number of aryl methyl sites for hydroxylation is 2. The Morgan fingerprint density at radius 2 is 1.88 bits per heavy atom. The van der Waals surface area contributed by atoms with Crippen LogP contribution in [0.1, 0.15) is 27.2 Å². The number of rotatable bonds is 1. The molecule has 4 heteroatoms. The van der Waals surface area contributed by atoms with E-state index in [0.717, 1.165) is 5.56 Å². The molecule has 0 aliphatic heterocycles. The lowest BCUT2D eigenvalue weighted by molar-refractivity contribution is 0.0664. The molecule has 0 aliphatic carbocycles. The fraction of sp³-hybridized carbons (Fsp3) is 0.250. The number of fused-ring (bicyclic) bond motifs is 1. The van der Waals surface area contributed by atoms with Crippen LogP contribution >= 0.6 is 0 Å². The number of carboxylic acids is 1. The van der Waals surface area contributed by atoms with Crippen molar-refractivity contribution in [3.63, 3.8) is 0 Å². The van der Waals surface area contributed by atoms with Crippen molar-refractivity contribution >= 4 is 16.9 Å². The molecule has 16 heavy (non-hydrogen) atoms. The van der Waals surface area contributed by atoms with Crippen molar-refractivity contribution < 1.29 is 19.4 Å². The van der Waals surface area contributed by atoms with Crippen molar-refractivity contribution in [1.82, 2.24) is 0 Å². The van der Waals surface area contributed by atoms with Crippen molar-refractivity contribution in [3.8, 4) is 5.75 Å². The Kier molecular flexibility index (Phi) is 2.15. The summed E-state index contributed by atoms with van der Waals surface area (Å²) in [5.74, 6) is -1.22. The van der Waals surface area contributed by atoms with Crippen molar-refractivity contribution in [1.29, 1.82) is 0 Å². The van der Waals surface area contributed by atoms with Gasteiger partial charge in [0, 0.05) is 10.9 Å². The Labute approximate surface area is 92.1 Å². The Hall–Kier alpha value is -1.97. The van der Waals surface area contributed by atoms with Gasteiger partial charge in [-0.1, -0.05) is 0 Å². The summed E-state index contributed by atoms with van der Waals surface area (Å²) in [5.41, 5.74) is 2.41. The van der Waals surface area contributed by atoms with E-state index in [9.17, 15) is 9.90 Å². The van der Waals surface area contributed by atoms with Gasteiger partial charge < -0.3 is 14.6 Å². The van der Waals surface area contributed by atoms with E-state index in [4.69, 9.17) is 9.52 Å². The molecule has 4 nitrogen and oxygen atoms in total. The summed E-state index contributed by atoms with van der Waals surface area (Å²) in [5, 5.41) is 19.4. The molecule has 1 heterocycles.